The van der Waals surface area contributed by atoms with Crippen molar-refractivity contribution in [2.75, 3.05) is 18.4 Å². The van der Waals surface area contributed by atoms with Crippen molar-refractivity contribution in [3.8, 4) is 0 Å². The topological polar surface area (TPSA) is 54.5 Å². The first-order valence-electron chi connectivity index (χ1n) is 7.20. The molecule has 0 bridgehead atoms. The fraction of sp³-hybridized carbons (Fsp3) is 0.600. The Morgan fingerprint density at radius 3 is 2.95 bits per heavy atom. The smallest absolute Gasteiger partial charge is 0.410 e. The van der Waals surface area contributed by atoms with Crippen molar-refractivity contribution >= 4 is 23.4 Å². The maximum Gasteiger partial charge on any atom is 0.410 e. The number of pyridine rings is 1. The van der Waals surface area contributed by atoms with Gasteiger partial charge in [0.15, 0.2) is 5.15 Å². The van der Waals surface area contributed by atoms with Crippen molar-refractivity contribution < 1.29 is 9.53 Å². The minimum Gasteiger partial charge on any atom is -0.444 e. The zero-order valence-corrected chi connectivity index (χ0v) is 13.5. The minimum absolute atomic E-state index is 0.160. The third-order valence-electron chi connectivity index (χ3n) is 3.19. The molecule has 5 nitrogen and oxygen atoms in total. The van der Waals surface area contributed by atoms with Gasteiger partial charge >= 0.3 is 6.09 Å². The molecule has 2 heterocycles. The fourth-order valence-electron chi connectivity index (χ4n) is 2.30. The number of aromatic nitrogens is 1. The zero-order chi connectivity index (χ0) is 15.5. The van der Waals surface area contributed by atoms with Gasteiger partial charge < -0.3 is 15.0 Å². The Kier molecular flexibility index (Phi) is 4.93. The third kappa shape index (κ3) is 4.77. The van der Waals surface area contributed by atoms with Gasteiger partial charge in [0.05, 0.1) is 5.69 Å². The summed E-state index contributed by atoms with van der Waals surface area (Å²) in [5.41, 5.74) is 0.333. The summed E-state index contributed by atoms with van der Waals surface area (Å²) in [7, 11) is 0. The van der Waals surface area contributed by atoms with E-state index in [0.717, 1.165) is 25.1 Å². The summed E-state index contributed by atoms with van der Waals surface area (Å²) < 4.78 is 5.42. The molecular formula is C15H22ClN3O2. The second-order valence-corrected chi connectivity index (χ2v) is 6.61. The Morgan fingerprint density at radius 1 is 1.52 bits per heavy atom. The number of carbonyl (C=O) groups excluding carboxylic acids is 1. The summed E-state index contributed by atoms with van der Waals surface area (Å²) in [6, 6.07) is 3.89. The molecule has 1 N–H and O–H groups in total. The predicted octanol–water partition coefficient (Wildman–Crippen LogP) is 3.55. The number of hydrogen-bond donors (Lipinski definition) is 1. The van der Waals surface area contributed by atoms with Crippen LogP contribution in [0.15, 0.2) is 18.3 Å². The van der Waals surface area contributed by atoms with Gasteiger partial charge in [0.2, 0.25) is 0 Å². The summed E-state index contributed by atoms with van der Waals surface area (Å²) in [5, 5.41) is 3.80. The molecule has 0 aliphatic carbocycles. The van der Waals surface area contributed by atoms with Crippen LogP contribution in [-0.4, -0.2) is 40.7 Å². The van der Waals surface area contributed by atoms with E-state index in [-0.39, 0.29) is 12.1 Å². The molecule has 1 aromatic heterocycles. The number of hydrogen-bond acceptors (Lipinski definition) is 4. The molecule has 0 saturated carbocycles. The number of rotatable bonds is 2. The highest BCUT2D eigenvalue weighted by molar-refractivity contribution is 6.31. The van der Waals surface area contributed by atoms with E-state index in [4.69, 9.17) is 16.3 Å². The Balaban J connectivity index is 1.95. The number of nitrogens with zero attached hydrogens (tertiary/aromatic N) is 2. The van der Waals surface area contributed by atoms with E-state index in [1.165, 1.54) is 0 Å². The zero-order valence-electron chi connectivity index (χ0n) is 12.7. The highest BCUT2D eigenvalue weighted by Gasteiger charge is 2.27. The van der Waals surface area contributed by atoms with Crippen LogP contribution in [-0.2, 0) is 4.74 Å². The number of piperidine rings is 1. The Labute approximate surface area is 130 Å². The molecular weight excluding hydrogens is 290 g/mol. The molecule has 0 spiro atoms. The van der Waals surface area contributed by atoms with E-state index >= 15 is 0 Å². The van der Waals surface area contributed by atoms with Crippen molar-refractivity contribution in [2.45, 2.75) is 45.3 Å². The van der Waals surface area contributed by atoms with Gasteiger partial charge in [-0.1, -0.05) is 11.6 Å². The van der Waals surface area contributed by atoms with Crippen LogP contribution in [0.1, 0.15) is 33.6 Å². The van der Waals surface area contributed by atoms with Gasteiger partial charge in [-0.25, -0.2) is 9.78 Å². The molecule has 1 amide bonds. The van der Waals surface area contributed by atoms with Gasteiger partial charge in [-0.2, -0.15) is 0 Å². The molecule has 1 aliphatic heterocycles. The lowest BCUT2D eigenvalue weighted by molar-refractivity contribution is 0.0206. The molecule has 1 saturated heterocycles. The Hall–Kier alpha value is -1.49. The van der Waals surface area contributed by atoms with Gasteiger partial charge in [-0.3, -0.25) is 0 Å². The maximum absolute atomic E-state index is 12.1. The van der Waals surface area contributed by atoms with Crippen LogP contribution in [0.25, 0.3) is 0 Å². The third-order valence-corrected chi connectivity index (χ3v) is 3.49. The summed E-state index contributed by atoms with van der Waals surface area (Å²) in [5.74, 6) is 0. The number of halogens is 1. The molecule has 0 radical (unpaired) electrons. The van der Waals surface area contributed by atoms with E-state index < -0.39 is 5.60 Å². The largest absolute Gasteiger partial charge is 0.444 e. The summed E-state index contributed by atoms with van der Waals surface area (Å²) in [4.78, 5) is 17.9. The standard InChI is InChI=1S/C15H22ClN3O2/c1-15(2,3)21-14(20)19-9-5-6-11(10-19)18-12-7-4-8-17-13(12)16/h4,7-8,11,18H,5-6,9-10H2,1-3H3. The first kappa shape index (κ1) is 15.9. The quantitative estimate of drug-likeness (QED) is 0.849. The van der Waals surface area contributed by atoms with Crippen molar-refractivity contribution in [3.63, 3.8) is 0 Å². The number of amides is 1. The first-order valence-corrected chi connectivity index (χ1v) is 7.58. The highest BCUT2D eigenvalue weighted by Crippen LogP contribution is 2.22. The molecule has 21 heavy (non-hydrogen) atoms. The lowest BCUT2D eigenvalue weighted by atomic mass is 10.1. The lowest BCUT2D eigenvalue weighted by Gasteiger charge is -2.34. The van der Waals surface area contributed by atoms with E-state index in [1.807, 2.05) is 32.9 Å². The van der Waals surface area contributed by atoms with Crippen molar-refractivity contribution in [2.24, 2.45) is 0 Å². The van der Waals surface area contributed by atoms with Gasteiger partial charge in [0, 0.05) is 25.3 Å². The molecule has 0 aromatic carbocycles. The molecule has 1 aromatic rings. The SMILES string of the molecule is CC(C)(C)OC(=O)N1CCCC(Nc2cccnc2Cl)C1. The van der Waals surface area contributed by atoms with Crippen molar-refractivity contribution in [3.05, 3.63) is 23.5 Å². The van der Waals surface area contributed by atoms with Crippen LogP contribution in [0.5, 0.6) is 0 Å². The molecule has 6 heteroatoms. The molecule has 2 rings (SSSR count). The highest BCUT2D eigenvalue weighted by atomic mass is 35.5. The molecule has 1 unspecified atom stereocenters. The number of ether oxygens (including phenoxy) is 1. The number of likely N-dealkylation sites (tertiary alicyclic amines) is 1. The second kappa shape index (κ2) is 6.52. The molecule has 1 atom stereocenters. The van der Waals surface area contributed by atoms with Crippen LogP contribution < -0.4 is 5.32 Å². The van der Waals surface area contributed by atoms with Crippen molar-refractivity contribution in [1.29, 1.82) is 0 Å². The number of anilines is 1. The van der Waals surface area contributed by atoms with Crippen LogP contribution in [0.3, 0.4) is 0 Å². The average Bonchev–Trinajstić information content (AvgIpc) is 2.40. The maximum atomic E-state index is 12.1. The fourth-order valence-corrected chi connectivity index (χ4v) is 2.47. The summed E-state index contributed by atoms with van der Waals surface area (Å²) >= 11 is 6.05. The van der Waals surface area contributed by atoms with Crippen LogP contribution in [0, 0.1) is 0 Å². The van der Waals surface area contributed by atoms with E-state index in [2.05, 4.69) is 10.3 Å². The number of carbonyl (C=O) groups is 1. The van der Waals surface area contributed by atoms with Gasteiger partial charge in [0.1, 0.15) is 5.60 Å². The van der Waals surface area contributed by atoms with Gasteiger partial charge in [-0.05, 0) is 45.7 Å². The minimum atomic E-state index is -0.468. The molecule has 116 valence electrons. The van der Waals surface area contributed by atoms with E-state index in [9.17, 15) is 4.79 Å². The van der Waals surface area contributed by atoms with Gasteiger partial charge in [-0.15, -0.1) is 0 Å². The second-order valence-electron chi connectivity index (χ2n) is 6.25. The molecule has 1 aliphatic rings. The summed E-state index contributed by atoms with van der Waals surface area (Å²) in [6.07, 6.45) is 3.33. The van der Waals surface area contributed by atoms with Gasteiger partial charge in [0.25, 0.3) is 0 Å². The molecule has 1 fully saturated rings. The Morgan fingerprint density at radius 2 is 2.29 bits per heavy atom. The summed E-state index contributed by atoms with van der Waals surface area (Å²) in [6.45, 7) is 6.97. The van der Waals surface area contributed by atoms with Crippen LogP contribution >= 0.6 is 11.6 Å². The van der Waals surface area contributed by atoms with Crippen LogP contribution in [0.4, 0.5) is 10.5 Å². The van der Waals surface area contributed by atoms with E-state index in [1.54, 1.807) is 11.1 Å². The Bertz CT molecular complexity index is 502. The first-order chi connectivity index (χ1) is 9.85. The lowest BCUT2D eigenvalue weighted by Crippen LogP contribution is -2.47. The van der Waals surface area contributed by atoms with Crippen molar-refractivity contribution in [1.82, 2.24) is 9.88 Å². The van der Waals surface area contributed by atoms with E-state index in [0.29, 0.717) is 11.7 Å². The predicted molar refractivity (Wildman–Crippen MR) is 83.7 cm³/mol. The van der Waals surface area contributed by atoms with Crippen LogP contribution in [0.2, 0.25) is 5.15 Å². The average molecular weight is 312 g/mol. The monoisotopic (exact) mass is 311 g/mol. The number of nitrogens with one attached hydrogen (secondary N) is 1. The normalized spacial score (nSPS) is 19.2.